The highest BCUT2D eigenvalue weighted by Crippen LogP contribution is 2.44. The second-order valence-electron chi connectivity index (χ2n) is 24.6. The molecule has 7 aromatic carbocycles. The number of carbonyl (C=O) groups is 1. The molecule has 550 valence electrons. The molecule has 3 heterocycles. The molecule has 0 bridgehead atoms. The average Bonchev–Trinajstić information content (AvgIpc) is 0.855. The van der Waals surface area contributed by atoms with E-state index in [1.807, 2.05) is 72.7 Å². The lowest BCUT2D eigenvalue weighted by atomic mass is 9.87. The second-order valence-corrected chi connectivity index (χ2v) is 30.9. The summed E-state index contributed by atoms with van der Waals surface area (Å²) in [6.07, 6.45) is -1.24. The highest BCUT2D eigenvalue weighted by molar-refractivity contribution is 9.10. The third-order valence-corrected chi connectivity index (χ3v) is 20.2. The third kappa shape index (κ3) is 20.8. The van der Waals surface area contributed by atoms with Crippen LogP contribution in [0.3, 0.4) is 0 Å². The number of aliphatic hydroxyl groups excluding tert-OH is 3. The van der Waals surface area contributed by atoms with Crippen LogP contribution in [0.15, 0.2) is 187 Å². The zero-order chi connectivity index (χ0) is 75.9. The van der Waals surface area contributed by atoms with Gasteiger partial charge in [-0.15, -0.1) is 0 Å². The number of para-hydroxylation sites is 2. The standard InChI is InChI=1S/C31H35N3O8S.C24H26ClN3O8S.C17H15BrN2O3S/c1-31(2,3)21-12-16-24(17-13-21)43(37,38)34-29-27(42-26-9-7-6-8-25(26)40-5)30(41-19-22(36)18-35)33-28(32-29)20-10-14-23(39-4)15-11-20;1-24(2,3)14-5-8-16(9-6-14)37(32,33)28-20-19(36-18-13-15(34-4)7-10-17(18)25)22(35-12-11-29)27-21(26-20)23(30)31;1-11-3-5-13(6-4-11)14-7-9-15(10-8-14)24(21,22)20-17-16(18)12(2)19-23-17/h6-17,22,35-36H,18-19H2,1-5H3,(H,32,33,34);5-10,13,29H,11-12H2,1-4H3,(H,30,31)(H,26,27,28);3-10,20H,1-2H3/t22-;;/m1../s1. The fourth-order valence-corrected chi connectivity index (χ4v) is 12.7. The lowest BCUT2D eigenvalue weighted by Gasteiger charge is -2.20. The molecule has 7 N–H and O–H groups in total. The summed E-state index contributed by atoms with van der Waals surface area (Å²) in [5.74, 6) is -2.46. The van der Waals surface area contributed by atoms with Gasteiger partial charge in [0.1, 0.15) is 41.0 Å². The van der Waals surface area contributed by atoms with Gasteiger partial charge in [-0.2, -0.15) is 15.0 Å². The second kappa shape index (κ2) is 34.4. The molecule has 0 spiro atoms. The first-order valence-electron chi connectivity index (χ1n) is 31.4. The van der Waals surface area contributed by atoms with E-state index in [0.29, 0.717) is 33.0 Å². The number of aryl methyl sites for hydroxylation is 2. The van der Waals surface area contributed by atoms with Crippen molar-refractivity contribution in [3.63, 3.8) is 0 Å². The van der Waals surface area contributed by atoms with Crippen LogP contribution in [0.2, 0.25) is 5.02 Å². The van der Waals surface area contributed by atoms with Gasteiger partial charge in [0.2, 0.25) is 17.3 Å². The summed E-state index contributed by atoms with van der Waals surface area (Å²) < 4.78 is 130. The minimum Gasteiger partial charge on any atom is -0.497 e. The maximum atomic E-state index is 13.7. The molecule has 10 aromatic rings. The molecule has 0 unspecified atom stereocenters. The van der Waals surface area contributed by atoms with Crippen molar-refractivity contribution >= 4 is 81.1 Å². The zero-order valence-corrected chi connectivity index (χ0v) is 62.9. The number of aromatic nitrogens is 5. The van der Waals surface area contributed by atoms with Crippen LogP contribution < -0.4 is 47.3 Å². The minimum absolute atomic E-state index is 0.00604. The van der Waals surface area contributed by atoms with Gasteiger partial charge in [-0.25, -0.2) is 39.8 Å². The van der Waals surface area contributed by atoms with Crippen molar-refractivity contribution < 1.29 is 88.2 Å². The number of nitrogens with one attached hydrogen (secondary N) is 3. The van der Waals surface area contributed by atoms with Crippen molar-refractivity contribution in [2.45, 2.75) is 87.0 Å². The molecule has 1 atom stereocenters. The van der Waals surface area contributed by atoms with Gasteiger partial charge in [-0.1, -0.05) is 137 Å². The van der Waals surface area contributed by atoms with Crippen LogP contribution in [0.25, 0.3) is 22.5 Å². The number of rotatable bonds is 26. The van der Waals surface area contributed by atoms with Gasteiger partial charge in [-0.3, -0.25) is 9.44 Å². The Balaban J connectivity index is 0.000000205. The van der Waals surface area contributed by atoms with Gasteiger partial charge in [0.05, 0.1) is 59.9 Å². The summed E-state index contributed by atoms with van der Waals surface area (Å²) in [6, 6.07) is 45.5. The van der Waals surface area contributed by atoms with Crippen molar-refractivity contribution in [1.29, 1.82) is 0 Å². The van der Waals surface area contributed by atoms with Crippen LogP contribution in [-0.4, -0.2) is 131 Å². The van der Waals surface area contributed by atoms with Crippen LogP contribution in [-0.2, 0) is 40.9 Å². The minimum atomic E-state index is -4.27. The number of hydrogen-bond donors (Lipinski definition) is 7. The fourth-order valence-electron chi connectivity index (χ4n) is 9.14. The quantitative estimate of drug-likeness (QED) is 0.0265. The molecule has 0 aliphatic carbocycles. The van der Waals surface area contributed by atoms with E-state index >= 15 is 0 Å². The largest absolute Gasteiger partial charge is 0.497 e. The summed E-state index contributed by atoms with van der Waals surface area (Å²) in [7, 11) is -7.77. The van der Waals surface area contributed by atoms with Gasteiger partial charge in [0.15, 0.2) is 29.0 Å². The number of benzene rings is 7. The number of anilines is 3. The molecule has 32 heteroatoms. The number of sulfonamides is 3. The number of ether oxygens (including phenoxy) is 7. The normalized spacial score (nSPS) is 11.9. The van der Waals surface area contributed by atoms with Crippen molar-refractivity contribution in [2.75, 3.05) is 61.9 Å². The maximum absolute atomic E-state index is 13.7. The summed E-state index contributed by atoms with van der Waals surface area (Å²) in [5.41, 5.74) is 5.76. The van der Waals surface area contributed by atoms with Crippen LogP contribution >= 0.6 is 27.5 Å². The number of carboxylic acid groups (broad SMARTS) is 1. The molecule has 0 saturated carbocycles. The number of aliphatic hydroxyl groups is 3. The van der Waals surface area contributed by atoms with Gasteiger partial charge >= 0.3 is 5.97 Å². The van der Waals surface area contributed by atoms with Crippen LogP contribution in [0, 0.1) is 13.8 Å². The molecule has 0 radical (unpaired) electrons. The first-order chi connectivity index (χ1) is 49.2. The van der Waals surface area contributed by atoms with E-state index in [2.05, 4.69) is 55.2 Å². The van der Waals surface area contributed by atoms with E-state index in [9.17, 15) is 50.5 Å². The molecule has 0 amide bonds. The zero-order valence-electron chi connectivity index (χ0n) is 58.1. The first-order valence-corrected chi connectivity index (χ1v) is 37.1. The Morgan fingerprint density at radius 1 is 0.567 bits per heavy atom. The molecule has 27 nitrogen and oxygen atoms in total. The smallest absolute Gasteiger partial charge is 0.374 e. The Hall–Kier alpha value is -10.1. The fraction of sp³-hybridized carbons (Fsp3) is 0.250. The molecule has 0 aliphatic rings. The Bertz CT molecular complexity index is 4970. The molecule has 0 saturated heterocycles. The number of nitrogens with zero attached hydrogens (tertiary/aromatic N) is 5. The highest BCUT2D eigenvalue weighted by Gasteiger charge is 2.30. The highest BCUT2D eigenvalue weighted by atomic mass is 79.9. The van der Waals surface area contributed by atoms with Crippen molar-refractivity contribution in [2.24, 2.45) is 0 Å². The molecular formula is C72H76BrClN8O19S3. The van der Waals surface area contributed by atoms with E-state index in [1.54, 1.807) is 110 Å². The van der Waals surface area contributed by atoms with E-state index < -0.39 is 72.9 Å². The van der Waals surface area contributed by atoms with Gasteiger partial charge < -0.3 is 58.1 Å². The molecule has 104 heavy (non-hydrogen) atoms. The van der Waals surface area contributed by atoms with Crippen LogP contribution in [0.5, 0.6) is 52.0 Å². The Labute approximate surface area is 615 Å². The number of hydrogen-bond acceptors (Lipinski definition) is 23. The molecule has 0 fully saturated rings. The first kappa shape index (κ1) is 79.6. The van der Waals surface area contributed by atoms with Crippen molar-refractivity contribution in [3.8, 4) is 74.5 Å². The lowest BCUT2D eigenvalue weighted by Crippen LogP contribution is -2.22. The summed E-state index contributed by atoms with van der Waals surface area (Å²) in [4.78, 5) is 28.4. The molecule has 0 aliphatic heterocycles. The van der Waals surface area contributed by atoms with E-state index in [4.69, 9.17) is 49.3 Å². The average molecular weight is 1570 g/mol. The van der Waals surface area contributed by atoms with E-state index in [1.165, 1.54) is 63.3 Å². The van der Waals surface area contributed by atoms with Crippen molar-refractivity contribution in [3.05, 3.63) is 201 Å². The predicted molar refractivity (Wildman–Crippen MR) is 394 cm³/mol. The summed E-state index contributed by atoms with van der Waals surface area (Å²) in [6.45, 7) is 14.1. The van der Waals surface area contributed by atoms with Crippen molar-refractivity contribution in [1.82, 2.24) is 25.1 Å². The van der Waals surface area contributed by atoms with Crippen LogP contribution in [0.4, 0.5) is 17.5 Å². The number of carboxylic acids is 1. The Morgan fingerprint density at radius 3 is 1.52 bits per heavy atom. The van der Waals surface area contributed by atoms with Gasteiger partial charge in [-0.05, 0) is 148 Å². The SMILES string of the molecule is COc1ccc(-c2nc(NS(=O)(=O)c3ccc(C(C)(C)C)cc3)c(Oc3ccccc3OC)c(OC[C@H](O)CO)n2)cc1.COc1ccc(Cl)c(Oc2c(NS(=O)(=O)c3ccc(C(C)(C)C)cc3)nc(C(=O)O)nc2OCCO)c1.Cc1ccc(-c2ccc(S(=O)(=O)Nc3onc(C)c3Br)cc2)cc1. The van der Waals surface area contributed by atoms with Crippen LogP contribution in [0.1, 0.15) is 74.5 Å². The Kier molecular flexibility index (Phi) is 26.4. The van der Waals surface area contributed by atoms with Gasteiger partial charge in [0.25, 0.3) is 47.7 Å². The number of methoxy groups -OCH3 is 3. The number of halogens is 2. The summed E-state index contributed by atoms with van der Waals surface area (Å²) in [5, 5.41) is 41.9. The summed E-state index contributed by atoms with van der Waals surface area (Å²) >= 11 is 9.48. The molecule has 10 rings (SSSR count). The lowest BCUT2D eigenvalue weighted by molar-refractivity contribution is 0.0513. The Morgan fingerprint density at radius 2 is 1.04 bits per heavy atom. The van der Waals surface area contributed by atoms with E-state index in [-0.39, 0.29) is 90.2 Å². The number of aromatic carboxylic acids is 1. The predicted octanol–water partition coefficient (Wildman–Crippen LogP) is 13.4. The molecule has 3 aromatic heterocycles. The van der Waals surface area contributed by atoms with Gasteiger partial charge in [0, 0.05) is 11.6 Å². The topological polar surface area (TPSA) is 379 Å². The van der Waals surface area contributed by atoms with E-state index in [0.717, 1.165) is 22.3 Å². The molecular weight excluding hydrogens is 1490 g/mol. The maximum Gasteiger partial charge on any atom is 0.374 e. The third-order valence-electron chi connectivity index (χ3n) is 14.9. The monoisotopic (exact) mass is 1570 g/mol.